The van der Waals surface area contributed by atoms with Crippen molar-refractivity contribution in [2.24, 2.45) is 17.2 Å². The predicted molar refractivity (Wildman–Crippen MR) is 133 cm³/mol. The smallest absolute Gasteiger partial charge is 0.326 e. The van der Waals surface area contributed by atoms with Crippen molar-refractivity contribution in [3.63, 3.8) is 0 Å². The molecule has 0 saturated carbocycles. The van der Waals surface area contributed by atoms with Gasteiger partial charge in [-0.15, -0.1) is 0 Å². The van der Waals surface area contributed by atoms with E-state index in [0.29, 0.717) is 30.8 Å². The number of aromatic nitrogens is 4. The van der Waals surface area contributed by atoms with Gasteiger partial charge in [-0.3, -0.25) is 19.2 Å². The van der Waals surface area contributed by atoms with Crippen LogP contribution in [0.3, 0.4) is 0 Å². The summed E-state index contributed by atoms with van der Waals surface area (Å²) in [5.74, 6) is -4.30. The number of aliphatic carboxylic acids is 1. The Kier molecular flexibility index (Phi) is 11.9. The van der Waals surface area contributed by atoms with E-state index in [-0.39, 0.29) is 19.3 Å². The quantitative estimate of drug-likeness (QED) is 0.0915. The highest BCUT2D eigenvalue weighted by molar-refractivity contribution is 5.95. The highest BCUT2D eigenvalue weighted by atomic mass is 16.4. The molecule has 2 rings (SSSR count). The van der Waals surface area contributed by atoms with Gasteiger partial charge in [-0.05, 0) is 25.8 Å². The SMILES string of the molecule is NCCCC[C@H](NC(=O)[C@@H](N)CC(N)=O)C(=O)N[C@@H](Cc1cnc[nH]1)C(=O)N[C@@H](Cc1cnc[nH]1)C(=O)O. The van der Waals surface area contributed by atoms with E-state index in [9.17, 15) is 29.1 Å². The molecular formula is C22H34N10O6. The number of hydrogen-bond donors (Lipinski definition) is 9. The molecule has 0 aliphatic carbocycles. The minimum absolute atomic E-state index is 0.0430. The maximum Gasteiger partial charge on any atom is 0.326 e. The summed E-state index contributed by atoms with van der Waals surface area (Å²) in [6.07, 6.45) is 6.35. The van der Waals surface area contributed by atoms with Gasteiger partial charge in [0.2, 0.25) is 23.6 Å². The number of carbonyl (C=O) groups excluding carboxylic acids is 4. The zero-order chi connectivity index (χ0) is 28.1. The molecule has 0 radical (unpaired) electrons. The summed E-state index contributed by atoms with van der Waals surface area (Å²) in [4.78, 5) is 75.1. The number of carboxylic acid groups (broad SMARTS) is 1. The van der Waals surface area contributed by atoms with Crippen molar-refractivity contribution in [3.8, 4) is 0 Å². The fraction of sp³-hybridized carbons (Fsp3) is 0.500. The molecule has 4 atom stereocenters. The monoisotopic (exact) mass is 534 g/mol. The minimum atomic E-state index is -1.31. The first-order chi connectivity index (χ1) is 18.1. The molecule has 0 aromatic carbocycles. The third-order valence-electron chi connectivity index (χ3n) is 5.54. The maximum atomic E-state index is 13.2. The van der Waals surface area contributed by atoms with E-state index in [1.165, 1.54) is 25.0 Å². The lowest BCUT2D eigenvalue weighted by Gasteiger charge is -2.25. The van der Waals surface area contributed by atoms with E-state index in [4.69, 9.17) is 17.2 Å². The molecule has 0 aliphatic heterocycles. The molecule has 12 N–H and O–H groups in total. The molecule has 2 aromatic heterocycles. The number of carbonyl (C=O) groups is 5. The Hall–Kier alpha value is -4.31. The van der Waals surface area contributed by atoms with E-state index in [1.54, 1.807) is 0 Å². The summed E-state index contributed by atoms with van der Waals surface area (Å²) >= 11 is 0. The zero-order valence-corrected chi connectivity index (χ0v) is 20.7. The van der Waals surface area contributed by atoms with Crippen molar-refractivity contribution in [1.82, 2.24) is 35.9 Å². The van der Waals surface area contributed by atoms with E-state index >= 15 is 0 Å². The van der Waals surface area contributed by atoms with Gasteiger partial charge in [0, 0.05) is 36.6 Å². The van der Waals surface area contributed by atoms with Gasteiger partial charge < -0.3 is 48.2 Å². The van der Waals surface area contributed by atoms with Crippen molar-refractivity contribution in [3.05, 3.63) is 36.4 Å². The van der Waals surface area contributed by atoms with Gasteiger partial charge in [0.1, 0.15) is 18.1 Å². The van der Waals surface area contributed by atoms with Crippen LogP contribution in [0.2, 0.25) is 0 Å². The van der Waals surface area contributed by atoms with Crippen LogP contribution >= 0.6 is 0 Å². The van der Waals surface area contributed by atoms with Crippen LogP contribution in [0.15, 0.2) is 25.0 Å². The van der Waals surface area contributed by atoms with Crippen LogP contribution in [0, 0.1) is 0 Å². The molecule has 0 fully saturated rings. The summed E-state index contributed by atoms with van der Waals surface area (Å²) < 4.78 is 0. The van der Waals surface area contributed by atoms with E-state index in [1.807, 2.05) is 0 Å². The van der Waals surface area contributed by atoms with Crippen LogP contribution in [0.5, 0.6) is 0 Å². The Morgan fingerprint density at radius 3 is 1.87 bits per heavy atom. The number of aromatic amines is 2. The van der Waals surface area contributed by atoms with Crippen LogP contribution in [0.1, 0.15) is 37.1 Å². The largest absolute Gasteiger partial charge is 0.480 e. The molecule has 16 heteroatoms. The number of unbranched alkanes of at least 4 members (excludes halogenated alkanes) is 1. The van der Waals surface area contributed by atoms with Gasteiger partial charge in [0.15, 0.2) is 0 Å². The van der Waals surface area contributed by atoms with Crippen molar-refractivity contribution < 1.29 is 29.1 Å². The fourth-order valence-corrected chi connectivity index (χ4v) is 3.54. The number of carboxylic acids is 1. The third-order valence-corrected chi connectivity index (χ3v) is 5.54. The number of nitrogens with one attached hydrogen (secondary N) is 5. The summed E-state index contributed by atoms with van der Waals surface area (Å²) in [6, 6.07) is -4.90. The second-order valence-electron chi connectivity index (χ2n) is 8.65. The van der Waals surface area contributed by atoms with Gasteiger partial charge in [-0.1, -0.05) is 0 Å². The van der Waals surface area contributed by atoms with Crippen molar-refractivity contribution in [1.29, 1.82) is 0 Å². The molecule has 16 nitrogen and oxygen atoms in total. The maximum absolute atomic E-state index is 13.2. The number of primary amides is 1. The first-order valence-electron chi connectivity index (χ1n) is 11.9. The fourth-order valence-electron chi connectivity index (χ4n) is 3.54. The average molecular weight is 535 g/mol. The predicted octanol–water partition coefficient (Wildman–Crippen LogP) is -3.21. The first kappa shape index (κ1) is 29.9. The highest BCUT2D eigenvalue weighted by Gasteiger charge is 2.31. The van der Waals surface area contributed by atoms with Gasteiger partial charge in [0.05, 0.1) is 25.1 Å². The summed E-state index contributed by atoms with van der Waals surface area (Å²) in [5.41, 5.74) is 17.3. The number of imidazole rings is 2. The number of H-pyrrole nitrogens is 2. The van der Waals surface area contributed by atoms with E-state index < -0.39 is 60.2 Å². The molecule has 0 spiro atoms. The summed E-state index contributed by atoms with van der Waals surface area (Å²) in [5, 5.41) is 17.1. The number of nitrogens with zero attached hydrogens (tertiary/aromatic N) is 2. The topological polar surface area (TPSA) is 277 Å². The van der Waals surface area contributed by atoms with E-state index in [0.717, 1.165) is 0 Å². The molecule has 0 unspecified atom stereocenters. The van der Waals surface area contributed by atoms with E-state index in [2.05, 4.69) is 35.9 Å². The van der Waals surface area contributed by atoms with Crippen LogP contribution in [-0.4, -0.2) is 85.4 Å². The third kappa shape index (κ3) is 9.98. The van der Waals surface area contributed by atoms with Crippen molar-refractivity contribution in [2.75, 3.05) is 6.54 Å². The van der Waals surface area contributed by atoms with Crippen LogP contribution < -0.4 is 33.2 Å². The highest BCUT2D eigenvalue weighted by Crippen LogP contribution is 2.07. The lowest BCUT2D eigenvalue weighted by molar-refractivity contribution is -0.142. The Morgan fingerprint density at radius 1 is 0.842 bits per heavy atom. The van der Waals surface area contributed by atoms with Crippen molar-refractivity contribution in [2.45, 2.75) is 62.7 Å². The Bertz CT molecular complexity index is 1060. The van der Waals surface area contributed by atoms with Crippen molar-refractivity contribution >= 4 is 29.6 Å². The zero-order valence-electron chi connectivity index (χ0n) is 20.7. The molecule has 2 aromatic rings. The number of amides is 4. The molecule has 2 heterocycles. The van der Waals surface area contributed by atoms with Gasteiger partial charge in [-0.2, -0.15) is 0 Å². The minimum Gasteiger partial charge on any atom is -0.480 e. The molecule has 208 valence electrons. The molecule has 38 heavy (non-hydrogen) atoms. The normalized spacial score (nSPS) is 14.1. The second-order valence-corrected chi connectivity index (χ2v) is 8.65. The lowest BCUT2D eigenvalue weighted by Crippen LogP contribution is -2.58. The lowest BCUT2D eigenvalue weighted by atomic mass is 10.0. The molecule has 0 aliphatic rings. The van der Waals surface area contributed by atoms with Crippen LogP contribution in [0.4, 0.5) is 0 Å². The van der Waals surface area contributed by atoms with Crippen LogP contribution in [0.25, 0.3) is 0 Å². The Labute approximate surface area is 217 Å². The Balaban J connectivity index is 2.18. The van der Waals surface area contributed by atoms with Crippen LogP contribution in [-0.2, 0) is 36.8 Å². The number of rotatable bonds is 17. The van der Waals surface area contributed by atoms with Gasteiger partial charge in [0.25, 0.3) is 0 Å². The first-order valence-corrected chi connectivity index (χ1v) is 11.9. The summed E-state index contributed by atoms with van der Waals surface area (Å²) in [7, 11) is 0. The molecule has 4 amide bonds. The number of hydrogen-bond acceptors (Lipinski definition) is 9. The number of nitrogens with two attached hydrogens (primary N) is 3. The summed E-state index contributed by atoms with van der Waals surface area (Å²) in [6.45, 7) is 0.362. The average Bonchev–Trinajstić information content (AvgIpc) is 3.56. The second kappa shape index (κ2) is 15.1. The van der Waals surface area contributed by atoms with Gasteiger partial charge in [-0.25, -0.2) is 14.8 Å². The molecular weight excluding hydrogens is 500 g/mol. The molecule has 0 saturated heterocycles. The Morgan fingerprint density at radius 2 is 1.37 bits per heavy atom. The van der Waals surface area contributed by atoms with Gasteiger partial charge >= 0.3 is 5.97 Å². The standard InChI is InChI=1S/C22H34N10O6/c23-4-2-1-3-15(30-19(34)14(24)7-18(25)33)20(35)31-16(5-12-8-26-10-28-12)21(36)32-17(22(37)38)6-13-9-27-11-29-13/h8-11,14-17H,1-7,23-24H2,(H2,25,33)(H,26,28)(H,27,29)(H,30,34)(H,31,35)(H,32,36)(H,37,38)/t14-,15-,16-,17-/m0/s1. The molecule has 0 bridgehead atoms.